The highest BCUT2D eigenvalue weighted by Crippen LogP contribution is 2.50. The van der Waals surface area contributed by atoms with Gasteiger partial charge in [-0.15, -0.1) is 0 Å². The van der Waals surface area contributed by atoms with E-state index in [0.29, 0.717) is 0 Å². The summed E-state index contributed by atoms with van der Waals surface area (Å²) < 4.78 is 6.24. The van der Waals surface area contributed by atoms with Crippen LogP contribution in [-0.4, -0.2) is 11.6 Å². The third kappa shape index (κ3) is 3.20. The van der Waals surface area contributed by atoms with E-state index < -0.39 is 0 Å². The third-order valence-corrected chi connectivity index (χ3v) is 6.05. The lowest BCUT2D eigenvalue weighted by Gasteiger charge is -2.50. The second-order valence-electron chi connectivity index (χ2n) is 7.45. The Hall–Kier alpha value is -0.530. The molecular weight excluding hydrogens is 248 g/mol. The first kappa shape index (κ1) is 17.5. The zero-order chi connectivity index (χ0) is 15.4. The molecule has 118 valence electrons. The van der Waals surface area contributed by atoms with Crippen LogP contribution in [0.5, 0.6) is 0 Å². The minimum atomic E-state index is -0.368. The van der Waals surface area contributed by atoms with Crippen LogP contribution < -0.4 is 0 Å². The molecular formula is C18H34O2. The molecule has 0 aromatic rings. The summed E-state index contributed by atoms with van der Waals surface area (Å²) in [5.74, 6) is -0.00461. The van der Waals surface area contributed by atoms with Gasteiger partial charge in [-0.1, -0.05) is 34.1 Å². The number of ether oxygens (including phenoxy) is 1. The van der Waals surface area contributed by atoms with Crippen LogP contribution in [-0.2, 0) is 9.53 Å². The average molecular weight is 282 g/mol. The molecule has 0 amide bonds. The fraction of sp³-hybridized carbons (Fsp3) is 0.944. The van der Waals surface area contributed by atoms with Gasteiger partial charge in [0.05, 0.1) is 5.41 Å². The molecule has 0 bridgehead atoms. The molecule has 0 saturated heterocycles. The summed E-state index contributed by atoms with van der Waals surface area (Å²) in [5.41, 5.74) is -0.502. The molecule has 1 rings (SSSR count). The highest BCUT2D eigenvalue weighted by molar-refractivity contribution is 5.76. The summed E-state index contributed by atoms with van der Waals surface area (Å²) in [7, 11) is 0. The maximum Gasteiger partial charge on any atom is 0.312 e. The molecule has 0 N–H and O–H groups in total. The van der Waals surface area contributed by atoms with E-state index in [9.17, 15) is 4.79 Å². The van der Waals surface area contributed by atoms with Gasteiger partial charge in [-0.05, 0) is 58.8 Å². The first-order valence-electron chi connectivity index (χ1n) is 8.50. The van der Waals surface area contributed by atoms with E-state index in [4.69, 9.17) is 4.74 Å². The van der Waals surface area contributed by atoms with Crippen LogP contribution in [0.4, 0.5) is 0 Å². The van der Waals surface area contributed by atoms with Gasteiger partial charge in [-0.2, -0.15) is 0 Å². The van der Waals surface area contributed by atoms with Gasteiger partial charge in [0.25, 0.3) is 0 Å². The number of carbonyl (C=O) groups is 1. The van der Waals surface area contributed by atoms with Crippen molar-refractivity contribution < 1.29 is 9.53 Å². The van der Waals surface area contributed by atoms with Crippen LogP contribution in [0.25, 0.3) is 0 Å². The monoisotopic (exact) mass is 282 g/mol. The molecule has 0 aromatic heterocycles. The van der Waals surface area contributed by atoms with Crippen LogP contribution in [0.3, 0.4) is 0 Å². The topological polar surface area (TPSA) is 26.3 Å². The lowest BCUT2D eigenvalue weighted by Crippen LogP contribution is -2.52. The molecule has 1 fully saturated rings. The highest BCUT2D eigenvalue weighted by Gasteiger charge is 2.50. The van der Waals surface area contributed by atoms with Gasteiger partial charge < -0.3 is 4.74 Å². The van der Waals surface area contributed by atoms with Crippen LogP contribution in [0.2, 0.25) is 0 Å². The summed E-state index contributed by atoms with van der Waals surface area (Å²) >= 11 is 0. The number of hydrogen-bond donors (Lipinski definition) is 0. The molecule has 0 aromatic carbocycles. The van der Waals surface area contributed by atoms with Crippen molar-refractivity contribution in [2.45, 2.75) is 98.5 Å². The van der Waals surface area contributed by atoms with E-state index in [-0.39, 0.29) is 22.4 Å². The minimum Gasteiger partial charge on any atom is -0.458 e. The molecule has 1 aliphatic rings. The molecule has 0 unspecified atom stereocenters. The maximum atomic E-state index is 12.6. The first-order valence-corrected chi connectivity index (χ1v) is 8.50. The van der Waals surface area contributed by atoms with Crippen molar-refractivity contribution in [2.24, 2.45) is 10.8 Å². The van der Waals surface area contributed by atoms with E-state index in [1.807, 2.05) is 13.8 Å². The number of rotatable bonds is 6. The van der Waals surface area contributed by atoms with Crippen LogP contribution >= 0.6 is 0 Å². The molecule has 0 spiro atoms. The van der Waals surface area contributed by atoms with E-state index in [1.165, 1.54) is 19.3 Å². The highest BCUT2D eigenvalue weighted by atomic mass is 16.6. The van der Waals surface area contributed by atoms with E-state index >= 15 is 0 Å². The van der Waals surface area contributed by atoms with Crippen molar-refractivity contribution >= 4 is 5.97 Å². The Labute approximate surface area is 125 Å². The third-order valence-electron chi connectivity index (χ3n) is 6.05. The predicted molar refractivity (Wildman–Crippen MR) is 84.7 cm³/mol. The van der Waals surface area contributed by atoms with Crippen LogP contribution in [0.15, 0.2) is 0 Å². The Balaban J connectivity index is 3.04. The van der Waals surface area contributed by atoms with E-state index in [0.717, 1.165) is 32.1 Å². The fourth-order valence-corrected chi connectivity index (χ4v) is 3.31. The lowest BCUT2D eigenvalue weighted by molar-refractivity contribution is -0.195. The molecule has 1 saturated carbocycles. The number of hydrogen-bond acceptors (Lipinski definition) is 2. The first-order chi connectivity index (χ1) is 9.27. The summed E-state index contributed by atoms with van der Waals surface area (Å²) in [4.78, 5) is 12.6. The molecule has 0 heterocycles. The second-order valence-corrected chi connectivity index (χ2v) is 7.45. The van der Waals surface area contributed by atoms with Crippen molar-refractivity contribution in [2.75, 3.05) is 0 Å². The van der Waals surface area contributed by atoms with Gasteiger partial charge in [0.1, 0.15) is 5.60 Å². The van der Waals surface area contributed by atoms with Gasteiger partial charge in [-0.25, -0.2) is 0 Å². The molecule has 2 heteroatoms. The zero-order valence-electron chi connectivity index (χ0n) is 14.5. The zero-order valence-corrected chi connectivity index (χ0v) is 14.5. The summed E-state index contributed by atoms with van der Waals surface area (Å²) in [6.45, 7) is 12.8. The predicted octanol–water partition coefficient (Wildman–Crippen LogP) is 5.50. The molecule has 2 nitrogen and oxygen atoms in total. The lowest BCUT2D eigenvalue weighted by atomic mass is 9.63. The van der Waals surface area contributed by atoms with Gasteiger partial charge in [0, 0.05) is 5.41 Å². The summed E-state index contributed by atoms with van der Waals surface area (Å²) in [6.07, 6.45) is 8.71. The maximum absolute atomic E-state index is 12.6. The van der Waals surface area contributed by atoms with E-state index in [1.54, 1.807) is 0 Å². The second kappa shape index (κ2) is 6.49. The van der Waals surface area contributed by atoms with E-state index in [2.05, 4.69) is 27.7 Å². The van der Waals surface area contributed by atoms with Crippen molar-refractivity contribution in [3.8, 4) is 0 Å². The standard InChI is InChI=1S/C18H34O2/c1-7-16(4,5)15(19)20-18(13-11-10-12-14-18)17(6,8-2)9-3/h7-14H2,1-6H3. The molecule has 0 atom stereocenters. The normalized spacial score (nSPS) is 19.7. The van der Waals surface area contributed by atoms with Crippen LogP contribution in [0.1, 0.15) is 92.9 Å². The molecule has 1 aliphatic carbocycles. The quantitative estimate of drug-likeness (QED) is 0.602. The largest absolute Gasteiger partial charge is 0.458 e. The summed E-state index contributed by atoms with van der Waals surface area (Å²) in [6, 6.07) is 0. The van der Waals surface area contributed by atoms with Crippen molar-refractivity contribution in [1.82, 2.24) is 0 Å². The molecule has 20 heavy (non-hydrogen) atoms. The van der Waals surface area contributed by atoms with Crippen molar-refractivity contribution in [3.05, 3.63) is 0 Å². The summed E-state index contributed by atoms with van der Waals surface area (Å²) in [5, 5.41) is 0. The van der Waals surface area contributed by atoms with Gasteiger partial charge in [0.15, 0.2) is 0 Å². The molecule has 0 radical (unpaired) electrons. The Morgan fingerprint density at radius 3 is 1.85 bits per heavy atom. The molecule has 0 aliphatic heterocycles. The Bertz CT molecular complexity index is 320. The Morgan fingerprint density at radius 1 is 0.950 bits per heavy atom. The Morgan fingerprint density at radius 2 is 1.45 bits per heavy atom. The number of esters is 1. The Kier molecular flexibility index (Phi) is 5.69. The van der Waals surface area contributed by atoms with Crippen molar-refractivity contribution in [1.29, 1.82) is 0 Å². The minimum absolute atomic E-state index is 0.00461. The fourth-order valence-electron chi connectivity index (χ4n) is 3.31. The van der Waals surface area contributed by atoms with Gasteiger partial charge >= 0.3 is 5.97 Å². The SMILES string of the molecule is CCC(C)(C)C(=O)OC1(C(C)(CC)CC)CCCCC1. The average Bonchev–Trinajstić information content (AvgIpc) is 2.47. The van der Waals surface area contributed by atoms with Gasteiger partial charge in [-0.3, -0.25) is 4.79 Å². The number of carbonyl (C=O) groups excluding carboxylic acids is 1. The van der Waals surface area contributed by atoms with Crippen molar-refractivity contribution in [3.63, 3.8) is 0 Å². The smallest absolute Gasteiger partial charge is 0.312 e. The van der Waals surface area contributed by atoms with Gasteiger partial charge in [0.2, 0.25) is 0 Å². The van der Waals surface area contributed by atoms with Crippen LogP contribution in [0, 0.1) is 10.8 Å².